The molecule has 3 nitrogen and oxygen atoms in total. The normalized spacial score (nSPS) is 20.9. The molecule has 20 heavy (non-hydrogen) atoms. The van der Waals surface area contributed by atoms with Crippen molar-refractivity contribution < 1.29 is 9.18 Å². The van der Waals surface area contributed by atoms with Crippen LogP contribution in [-0.2, 0) is 11.2 Å². The quantitative estimate of drug-likeness (QED) is 0.913. The van der Waals surface area contributed by atoms with E-state index in [9.17, 15) is 9.18 Å². The Balaban J connectivity index is 1.43. The summed E-state index contributed by atoms with van der Waals surface area (Å²) in [5.74, 6) is -0.219. The lowest BCUT2D eigenvalue weighted by Gasteiger charge is -2.32. The van der Waals surface area contributed by atoms with Gasteiger partial charge in [0, 0.05) is 25.2 Å². The van der Waals surface area contributed by atoms with Crippen LogP contribution in [0.1, 0.15) is 31.2 Å². The molecule has 2 fully saturated rings. The fraction of sp³-hybridized carbons (Fsp3) is 0.562. The molecule has 1 heterocycles. The standard InChI is InChI=1S/C16H21FN2O/c17-13-3-1-12(2-4-13)11-16(20)18-14-7-9-19(10-8-14)15-5-6-15/h1-4,14-15H,5-11H2,(H,18,20). The third kappa shape index (κ3) is 3.57. The number of nitrogens with one attached hydrogen (secondary N) is 1. The molecule has 1 N–H and O–H groups in total. The molecule has 2 aliphatic rings. The van der Waals surface area contributed by atoms with E-state index in [-0.39, 0.29) is 11.7 Å². The molecule has 0 unspecified atom stereocenters. The van der Waals surface area contributed by atoms with Crippen molar-refractivity contribution in [3.63, 3.8) is 0 Å². The summed E-state index contributed by atoms with van der Waals surface area (Å²) in [6, 6.07) is 7.27. The number of rotatable bonds is 4. The topological polar surface area (TPSA) is 32.3 Å². The molecule has 1 aliphatic heterocycles. The van der Waals surface area contributed by atoms with E-state index in [0.29, 0.717) is 12.5 Å². The highest BCUT2D eigenvalue weighted by atomic mass is 19.1. The van der Waals surface area contributed by atoms with Gasteiger partial charge in [0.15, 0.2) is 0 Å². The highest BCUT2D eigenvalue weighted by Crippen LogP contribution is 2.29. The Kier molecular flexibility index (Phi) is 4.01. The highest BCUT2D eigenvalue weighted by molar-refractivity contribution is 5.78. The Morgan fingerprint density at radius 1 is 1.15 bits per heavy atom. The number of likely N-dealkylation sites (tertiary alicyclic amines) is 1. The van der Waals surface area contributed by atoms with Gasteiger partial charge in [-0.05, 0) is 43.4 Å². The molecule has 1 amide bonds. The van der Waals surface area contributed by atoms with Crippen LogP contribution in [-0.4, -0.2) is 36.0 Å². The van der Waals surface area contributed by atoms with Crippen LogP contribution in [0.3, 0.4) is 0 Å². The number of hydrogen-bond acceptors (Lipinski definition) is 2. The maximum atomic E-state index is 12.8. The fourth-order valence-electron chi connectivity index (χ4n) is 2.91. The van der Waals surface area contributed by atoms with Crippen molar-refractivity contribution in [3.8, 4) is 0 Å². The predicted molar refractivity (Wildman–Crippen MR) is 75.9 cm³/mol. The van der Waals surface area contributed by atoms with Crippen LogP contribution in [0.4, 0.5) is 4.39 Å². The average Bonchev–Trinajstić information content (AvgIpc) is 3.27. The minimum Gasteiger partial charge on any atom is -0.353 e. The second kappa shape index (κ2) is 5.92. The lowest BCUT2D eigenvalue weighted by atomic mass is 10.0. The molecule has 1 aliphatic carbocycles. The Labute approximate surface area is 119 Å². The SMILES string of the molecule is O=C(Cc1ccc(F)cc1)NC1CCN(C2CC2)CC1. The second-order valence-corrected chi connectivity index (χ2v) is 5.91. The summed E-state index contributed by atoms with van der Waals surface area (Å²) >= 11 is 0. The van der Waals surface area contributed by atoms with Gasteiger partial charge in [-0.25, -0.2) is 4.39 Å². The zero-order chi connectivity index (χ0) is 13.9. The highest BCUT2D eigenvalue weighted by Gasteiger charge is 2.31. The Morgan fingerprint density at radius 3 is 2.40 bits per heavy atom. The smallest absolute Gasteiger partial charge is 0.224 e. The zero-order valence-corrected chi connectivity index (χ0v) is 11.6. The maximum Gasteiger partial charge on any atom is 0.224 e. The van der Waals surface area contributed by atoms with Crippen LogP contribution in [0.25, 0.3) is 0 Å². The molecule has 0 atom stereocenters. The number of nitrogens with zero attached hydrogens (tertiary/aromatic N) is 1. The summed E-state index contributed by atoms with van der Waals surface area (Å²) < 4.78 is 12.8. The molecular weight excluding hydrogens is 255 g/mol. The molecule has 1 aromatic rings. The number of hydrogen-bond donors (Lipinski definition) is 1. The summed E-state index contributed by atoms with van der Waals surface area (Å²) in [5, 5.41) is 3.10. The molecule has 1 aromatic carbocycles. The summed E-state index contributed by atoms with van der Waals surface area (Å²) in [6.45, 7) is 2.21. The summed E-state index contributed by atoms with van der Waals surface area (Å²) in [5.41, 5.74) is 0.860. The first-order valence-electron chi connectivity index (χ1n) is 7.48. The van der Waals surface area contributed by atoms with Gasteiger partial charge in [0.1, 0.15) is 5.82 Å². The Morgan fingerprint density at radius 2 is 1.80 bits per heavy atom. The number of amides is 1. The minimum absolute atomic E-state index is 0.0430. The first-order chi connectivity index (χ1) is 9.70. The molecular formula is C16H21FN2O. The monoisotopic (exact) mass is 276 g/mol. The molecule has 3 rings (SSSR count). The Bertz CT molecular complexity index is 462. The molecule has 4 heteroatoms. The van der Waals surface area contributed by atoms with Crippen molar-refractivity contribution in [2.24, 2.45) is 0 Å². The molecule has 1 saturated heterocycles. The van der Waals surface area contributed by atoms with E-state index in [4.69, 9.17) is 0 Å². The molecule has 0 bridgehead atoms. The Hall–Kier alpha value is -1.42. The predicted octanol–water partition coefficient (Wildman–Crippen LogP) is 2.11. The van der Waals surface area contributed by atoms with Gasteiger partial charge in [-0.15, -0.1) is 0 Å². The number of carbonyl (C=O) groups excluding carboxylic acids is 1. The van der Waals surface area contributed by atoms with E-state index in [0.717, 1.165) is 37.5 Å². The van der Waals surface area contributed by atoms with Crippen LogP contribution < -0.4 is 5.32 Å². The van der Waals surface area contributed by atoms with Crippen molar-refractivity contribution in [3.05, 3.63) is 35.6 Å². The van der Waals surface area contributed by atoms with Crippen molar-refractivity contribution in [1.82, 2.24) is 10.2 Å². The first kappa shape index (κ1) is 13.6. The van der Waals surface area contributed by atoms with Gasteiger partial charge in [-0.3, -0.25) is 4.79 Å². The van der Waals surface area contributed by atoms with Gasteiger partial charge >= 0.3 is 0 Å². The number of piperidine rings is 1. The lowest BCUT2D eigenvalue weighted by Crippen LogP contribution is -2.45. The van der Waals surface area contributed by atoms with Gasteiger partial charge in [0.05, 0.1) is 6.42 Å². The fourth-order valence-corrected chi connectivity index (χ4v) is 2.91. The average molecular weight is 276 g/mol. The summed E-state index contributed by atoms with van der Waals surface area (Å²) in [7, 11) is 0. The van der Waals surface area contributed by atoms with Crippen LogP contribution >= 0.6 is 0 Å². The van der Waals surface area contributed by atoms with Gasteiger partial charge in [-0.1, -0.05) is 12.1 Å². The maximum absolute atomic E-state index is 12.8. The van der Waals surface area contributed by atoms with E-state index in [1.807, 2.05) is 0 Å². The number of benzene rings is 1. The number of halogens is 1. The molecule has 0 spiro atoms. The minimum atomic E-state index is -0.262. The van der Waals surface area contributed by atoms with Crippen molar-refractivity contribution in [1.29, 1.82) is 0 Å². The van der Waals surface area contributed by atoms with E-state index >= 15 is 0 Å². The lowest BCUT2D eigenvalue weighted by molar-refractivity contribution is -0.121. The van der Waals surface area contributed by atoms with Gasteiger partial charge in [-0.2, -0.15) is 0 Å². The first-order valence-corrected chi connectivity index (χ1v) is 7.48. The van der Waals surface area contributed by atoms with E-state index in [1.54, 1.807) is 12.1 Å². The second-order valence-electron chi connectivity index (χ2n) is 5.91. The molecule has 108 valence electrons. The number of carbonyl (C=O) groups is 1. The summed E-state index contributed by atoms with van der Waals surface area (Å²) in [6.07, 6.45) is 5.13. The van der Waals surface area contributed by atoms with Gasteiger partial charge < -0.3 is 10.2 Å². The van der Waals surface area contributed by atoms with E-state index in [2.05, 4.69) is 10.2 Å². The van der Waals surface area contributed by atoms with Crippen LogP contribution in [0.5, 0.6) is 0 Å². The van der Waals surface area contributed by atoms with Crippen molar-refractivity contribution >= 4 is 5.91 Å². The molecule has 0 aromatic heterocycles. The van der Waals surface area contributed by atoms with Gasteiger partial charge in [0.2, 0.25) is 5.91 Å². The largest absolute Gasteiger partial charge is 0.353 e. The van der Waals surface area contributed by atoms with Crippen LogP contribution in [0.2, 0.25) is 0 Å². The van der Waals surface area contributed by atoms with Crippen LogP contribution in [0.15, 0.2) is 24.3 Å². The van der Waals surface area contributed by atoms with Crippen molar-refractivity contribution in [2.75, 3.05) is 13.1 Å². The van der Waals surface area contributed by atoms with E-state index < -0.39 is 0 Å². The van der Waals surface area contributed by atoms with Gasteiger partial charge in [0.25, 0.3) is 0 Å². The molecule has 1 saturated carbocycles. The summed E-state index contributed by atoms with van der Waals surface area (Å²) in [4.78, 5) is 14.5. The third-order valence-corrected chi connectivity index (χ3v) is 4.24. The zero-order valence-electron chi connectivity index (χ0n) is 11.6. The van der Waals surface area contributed by atoms with Crippen molar-refractivity contribution in [2.45, 2.75) is 44.2 Å². The molecule has 0 radical (unpaired) electrons. The third-order valence-electron chi connectivity index (χ3n) is 4.24. The van der Waals surface area contributed by atoms with Crippen LogP contribution in [0, 0.1) is 5.82 Å². The van der Waals surface area contributed by atoms with E-state index in [1.165, 1.54) is 25.0 Å².